The fourth-order valence-corrected chi connectivity index (χ4v) is 2.65. The molecule has 7 nitrogen and oxygen atoms in total. The fraction of sp³-hybridized carbons (Fsp3) is 0.0500. The Hall–Kier alpha value is -4.01. The number of hydrogen-bond acceptors (Lipinski definition) is 5. The van der Waals surface area contributed by atoms with Crippen molar-refractivity contribution in [2.45, 2.75) is 0 Å². The first-order valence-corrected chi connectivity index (χ1v) is 8.42. The summed E-state index contributed by atoms with van der Waals surface area (Å²) in [5.41, 5.74) is 0.441. The maximum atomic E-state index is 13.7. The van der Waals surface area contributed by atoms with Crippen LogP contribution in [0.3, 0.4) is 0 Å². The number of benzene rings is 2. The van der Waals surface area contributed by atoms with Gasteiger partial charge in [-0.1, -0.05) is 0 Å². The highest BCUT2D eigenvalue weighted by atomic mass is 19.1. The summed E-state index contributed by atoms with van der Waals surface area (Å²) in [6.45, 7) is 0.114. The summed E-state index contributed by atoms with van der Waals surface area (Å²) >= 11 is 0. The Balaban J connectivity index is 1.49. The number of nitrogens with zero attached hydrogens (tertiary/aromatic N) is 1. The largest absolute Gasteiger partial charge is 0.454 e. The minimum atomic E-state index is -0.914. The van der Waals surface area contributed by atoms with E-state index in [1.165, 1.54) is 18.5 Å². The Labute approximate surface area is 163 Å². The van der Waals surface area contributed by atoms with E-state index in [0.717, 1.165) is 12.1 Å². The summed E-state index contributed by atoms with van der Waals surface area (Å²) in [4.78, 5) is 28.7. The van der Waals surface area contributed by atoms with Crippen LogP contribution in [0.4, 0.5) is 20.2 Å². The summed E-state index contributed by atoms with van der Waals surface area (Å²) in [7, 11) is 0. The Morgan fingerprint density at radius 3 is 2.34 bits per heavy atom. The maximum Gasteiger partial charge on any atom is 0.257 e. The summed E-state index contributed by atoms with van der Waals surface area (Å²) in [5.74, 6) is -1.78. The smallest absolute Gasteiger partial charge is 0.257 e. The molecule has 1 aromatic heterocycles. The zero-order chi connectivity index (χ0) is 20.4. The van der Waals surface area contributed by atoms with Gasteiger partial charge in [0.25, 0.3) is 11.8 Å². The predicted molar refractivity (Wildman–Crippen MR) is 99.1 cm³/mol. The van der Waals surface area contributed by atoms with Crippen LogP contribution >= 0.6 is 0 Å². The first-order chi connectivity index (χ1) is 14.0. The maximum absolute atomic E-state index is 13.7. The van der Waals surface area contributed by atoms with Crippen LogP contribution < -0.4 is 20.1 Å². The Kier molecular flexibility index (Phi) is 4.78. The molecule has 0 unspecified atom stereocenters. The molecule has 0 atom stereocenters. The monoisotopic (exact) mass is 397 g/mol. The molecule has 29 heavy (non-hydrogen) atoms. The lowest BCUT2D eigenvalue weighted by molar-refractivity contribution is 0.102. The van der Waals surface area contributed by atoms with Crippen molar-refractivity contribution in [1.82, 2.24) is 4.98 Å². The third-order valence-corrected chi connectivity index (χ3v) is 4.07. The molecule has 3 aromatic rings. The second-order valence-electron chi connectivity index (χ2n) is 6.06. The fourth-order valence-electron chi connectivity index (χ4n) is 2.65. The molecule has 0 saturated carbocycles. The highest BCUT2D eigenvalue weighted by Gasteiger charge is 2.16. The molecule has 2 heterocycles. The van der Waals surface area contributed by atoms with Crippen LogP contribution in [0.15, 0.2) is 54.9 Å². The van der Waals surface area contributed by atoms with Gasteiger partial charge in [-0.25, -0.2) is 8.78 Å². The van der Waals surface area contributed by atoms with Crippen LogP contribution in [0.25, 0.3) is 0 Å². The average molecular weight is 397 g/mol. The summed E-state index contributed by atoms with van der Waals surface area (Å²) in [6, 6.07) is 9.01. The molecule has 9 heteroatoms. The normalized spacial score (nSPS) is 11.8. The van der Waals surface area contributed by atoms with Gasteiger partial charge < -0.3 is 20.1 Å². The number of ether oxygens (including phenoxy) is 2. The van der Waals surface area contributed by atoms with Crippen molar-refractivity contribution in [2.24, 2.45) is 0 Å². The molecular formula is C20H13F2N3O4. The van der Waals surface area contributed by atoms with Gasteiger partial charge in [0.15, 0.2) is 11.5 Å². The molecule has 146 valence electrons. The molecule has 2 N–H and O–H groups in total. The van der Waals surface area contributed by atoms with Crippen LogP contribution in [-0.2, 0) is 0 Å². The number of nitrogens with one attached hydrogen (secondary N) is 2. The second-order valence-corrected chi connectivity index (χ2v) is 6.06. The van der Waals surface area contributed by atoms with Gasteiger partial charge in [0.2, 0.25) is 6.79 Å². The number of amides is 2. The number of anilines is 2. The highest BCUT2D eigenvalue weighted by Crippen LogP contribution is 2.34. The molecule has 1 aliphatic heterocycles. The van der Waals surface area contributed by atoms with Gasteiger partial charge >= 0.3 is 0 Å². The summed E-state index contributed by atoms with van der Waals surface area (Å²) < 4.78 is 37.2. The number of hydrogen-bond donors (Lipinski definition) is 2. The topological polar surface area (TPSA) is 89.6 Å². The van der Waals surface area contributed by atoms with E-state index in [4.69, 9.17) is 9.47 Å². The average Bonchev–Trinajstić information content (AvgIpc) is 3.18. The van der Waals surface area contributed by atoms with Crippen molar-refractivity contribution in [3.63, 3.8) is 0 Å². The predicted octanol–water partition coefficient (Wildman–Crippen LogP) is 3.59. The second kappa shape index (κ2) is 7.55. The zero-order valence-electron chi connectivity index (χ0n) is 14.7. The molecule has 0 spiro atoms. The summed E-state index contributed by atoms with van der Waals surface area (Å²) in [5, 5.41) is 4.99. The van der Waals surface area contributed by atoms with Gasteiger partial charge in [0.05, 0.1) is 16.8 Å². The molecule has 0 saturated heterocycles. The Bertz CT molecular complexity index is 1120. The van der Waals surface area contributed by atoms with Crippen molar-refractivity contribution in [1.29, 1.82) is 0 Å². The minimum absolute atomic E-state index is 0.0343. The van der Waals surface area contributed by atoms with E-state index in [1.54, 1.807) is 18.2 Å². The van der Waals surface area contributed by atoms with Crippen molar-refractivity contribution < 1.29 is 27.8 Å². The first kappa shape index (κ1) is 18.4. The summed E-state index contributed by atoms with van der Waals surface area (Å²) in [6.07, 6.45) is 2.52. The standard InChI is InChI=1S/C20H13F2N3O4/c21-13-1-3-16(15(22)6-13)25-20(27)12-5-11(8-23-9-12)19(26)24-14-2-4-17-18(7-14)29-10-28-17/h1-9H,10H2,(H,24,26)(H,25,27). The van der Waals surface area contributed by atoms with Gasteiger partial charge in [-0.05, 0) is 30.3 Å². The zero-order valence-corrected chi connectivity index (χ0v) is 14.7. The Morgan fingerprint density at radius 1 is 0.862 bits per heavy atom. The molecule has 0 aliphatic carbocycles. The molecule has 0 bridgehead atoms. The van der Waals surface area contributed by atoms with E-state index in [2.05, 4.69) is 15.6 Å². The molecule has 1 aliphatic rings. The molecule has 2 aromatic carbocycles. The highest BCUT2D eigenvalue weighted by molar-refractivity contribution is 6.08. The molecule has 0 fully saturated rings. The number of pyridine rings is 1. The van der Waals surface area contributed by atoms with Crippen LogP contribution in [0.1, 0.15) is 20.7 Å². The number of fused-ring (bicyclic) bond motifs is 1. The van der Waals surface area contributed by atoms with E-state index in [-0.39, 0.29) is 23.6 Å². The van der Waals surface area contributed by atoms with Crippen LogP contribution in [-0.4, -0.2) is 23.6 Å². The van der Waals surface area contributed by atoms with Gasteiger partial charge in [0, 0.05) is 30.2 Å². The number of carbonyl (C=O) groups is 2. The van der Waals surface area contributed by atoms with E-state index in [1.807, 2.05) is 0 Å². The molecule has 2 amide bonds. The van der Waals surface area contributed by atoms with Crippen LogP contribution in [0.2, 0.25) is 0 Å². The van der Waals surface area contributed by atoms with Gasteiger partial charge in [-0.3, -0.25) is 14.6 Å². The van der Waals surface area contributed by atoms with Crippen molar-refractivity contribution in [3.05, 3.63) is 77.6 Å². The number of halogens is 2. The van der Waals surface area contributed by atoms with Crippen LogP contribution in [0, 0.1) is 11.6 Å². The minimum Gasteiger partial charge on any atom is -0.454 e. The van der Waals surface area contributed by atoms with Gasteiger partial charge in [-0.15, -0.1) is 0 Å². The number of carbonyl (C=O) groups excluding carboxylic acids is 2. The molecule has 0 radical (unpaired) electrons. The lowest BCUT2D eigenvalue weighted by atomic mass is 10.1. The van der Waals surface area contributed by atoms with Gasteiger partial charge in [0.1, 0.15) is 11.6 Å². The van der Waals surface area contributed by atoms with E-state index < -0.39 is 23.4 Å². The van der Waals surface area contributed by atoms with Crippen molar-refractivity contribution >= 4 is 23.2 Å². The van der Waals surface area contributed by atoms with E-state index >= 15 is 0 Å². The third kappa shape index (κ3) is 3.98. The van der Waals surface area contributed by atoms with Crippen molar-refractivity contribution in [2.75, 3.05) is 17.4 Å². The quantitative estimate of drug-likeness (QED) is 0.702. The van der Waals surface area contributed by atoms with Crippen molar-refractivity contribution in [3.8, 4) is 11.5 Å². The van der Waals surface area contributed by atoms with E-state index in [0.29, 0.717) is 23.3 Å². The first-order valence-electron chi connectivity index (χ1n) is 8.42. The third-order valence-electron chi connectivity index (χ3n) is 4.07. The molecule has 4 rings (SSSR count). The SMILES string of the molecule is O=C(Nc1ccc2c(c1)OCO2)c1cncc(C(=O)Nc2ccc(F)cc2F)c1. The number of aromatic nitrogens is 1. The van der Waals surface area contributed by atoms with E-state index in [9.17, 15) is 18.4 Å². The molecular weight excluding hydrogens is 384 g/mol. The Morgan fingerprint density at radius 2 is 1.59 bits per heavy atom. The van der Waals surface area contributed by atoms with Crippen LogP contribution in [0.5, 0.6) is 11.5 Å². The number of rotatable bonds is 4. The lowest BCUT2D eigenvalue weighted by Crippen LogP contribution is -2.16. The lowest BCUT2D eigenvalue weighted by Gasteiger charge is -2.09. The van der Waals surface area contributed by atoms with Gasteiger partial charge in [-0.2, -0.15) is 0 Å².